The Morgan fingerprint density at radius 3 is 2.62 bits per heavy atom. The van der Waals surface area contributed by atoms with Crippen LogP contribution in [-0.4, -0.2) is 36.1 Å². The minimum atomic E-state index is -0.467. The van der Waals surface area contributed by atoms with Gasteiger partial charge in [0.2, 0.25) is 0 Å². The van der Waals surface area contributed by atoms with Crippen molar-refractivity contribution < 1.29 is 13.9 Å². The highest BCUT2D eigenvalue weighted by molar-refractivity contribution is 5.90. The van der Waals surface area contributed by atoms with E-state index >= 15 is 4.39 Å². The van der Waals surface area contributed by atoms with E-state index in [-0.39, 0.29) is 11.9 Å². The summed E-state index contributed by atoms with van der Waals surface area (Å²) in [6.07, 6.45) is 6.27. The zero-order chi connectivity index (χ0) is 22.7. The van der Waals surface area contributed by atoms with Gasteiger partial charge in [0, 0.05) is 33.8 Å². The number of hydrogen-bond donors (Lipinski definition) is 1. The highest BCUT2D eigenvalue weighted by Crippen LogP contribution is 2.40. The van der Waals surface area contributed by atoms with Crippen LogP contribution in [0.4, 0.5) is 4.39 Å². The SMILES string of the molecule is C=C(C)c1[nH]c2ccccc2c1C(c1ccc(/C=C/C(=O)OC)cc1F)N1CCCCC1. The van der Waals surface area contributed by atoms with Gasteiger partial charge in [-0.05, 0) is 62.2 Å². The predicted molar refractivity (Wildman–Crippen MR) is 128 cm³/mol. The van der Waals surface area contributed by atoms with Crippen LogP contribution in [0.3, 0.4) is 0 Å². The molecule has 1 atom stereocenters. The summed E-state index contributed by atoms with van der Waals surface area (Å²) in [5.74, 6) is -0.754. The standard InChI is InChI=1S/C27H29FN2O2/c1-18(2)26-25(21-9-5-6-10-23(21)29-26)27(30-15-7-4-8-16-30)20-13-11-19(17-22(20)28)12-14-24(31)32-3/h5-6,9-14,17,27,29H,1,4,7-8,15-16H2,2-3H3/b14-12+. The number of hydrogen-bond acceptors (Lipinski definition) is 3. The number of allylic oxidation sites excluding steroid dienone is 1. The molecule has 0 aliphatic carbocycles. The molecule has 0 spiro atoms. The van der Waals surface area contributed by atoms with Crippen LogP contribution in [0.15, 0.2) is 55.1 Å². The van der Waals surface area contributed by atoms with Crippen LogP contribution in [-0.2, 0) is 9.53 Å². The van der Waals surface area contributed by atoms with E-state index in [0.29, 0.717) is 11.1 Å². The van der Waals surface area contributed by atoms with Gasteiger partial charge in [-0.15, -0.1) is 0 Å². The Morgan fingerprint density at radius 1 is 1.19 bits per heavy atom. The molecule has 1 N–H and O–H groups in total. The lowest BCUT2D eigenvalue weighted by molar-refractivity contribution is -0.134. The molecule has 0 saturated carbocycles. The van der Waals surface area contributed by atoms with Gasteiger partial charge in [0.15, 0.2) is 0 Å². The number of esters is 1. The molecule has 0 bridgehead atoms. The fourth-order valence-electron chi connectivity index (χ4n) is 4.60. The van der Waals surface area contributed by atoms with E-state index < -0.39 is 5.97 Å². The van der Waals surface area contributed by atoms with Crippen molar-refractivity contribution in [3.8, 4) is 0 Å². The largest absolute Gasteiger partial charge is 0.466 e. The summed E-state index contributed by atoms with van der Waals surface area (Å²) in [5.41, 5.74) is 5.25. The average molecular weight is 433 g/mol. The number of para-hydroxylation sites is 1. The number of rotatable bonds is 6. The highest BCUT2D eigenvalue weighted by Gasteiger charge is 2.31. The number of aromatic nitrogens is 1. The number of carbonyl (C=O) groups excluding carboxylic acids is 1. The van der Waals surface area contributed by atoms with Crippen LogP contribution in [0.25, 0.3) is 22.6 Å². The van der Waals surface area contributed by atoms with Gasteiger partial charge in [0.1, 0.15) is 5.82 Å². The fourth-order valence-corrected chi connectivity index (χ4v) is 4.60. The van der Waals surface area contributed by atoms with Gasteiger partial charge in [0.25, 0.3) is 0 Å². The lowest BCUT2D eigenvalue weighted by atomic mass is 9.90. The van der Waals surface area contributed by atoms with Gasteiger partial charge in [-0.1, -0.05) is 43.3 Å². The number of ether oxygens (including phenoxy) is 1. The van der Waals surface area contributed by atoms with Crippen LogP contribution in [0, 0.1) is 5.82 Å². The Morgan fingerprint density at radius 2 is 1.94 bits per heavy atom. The molecular formula is C27H29FN2O2. The molecule has 0 radical (unpaired) electrons. The molecule has 1 aromatic heterocycles. The average Bonchev–Trinajstić information content (AvgIpc) is 3.19. The second-order valence-electron chi connectivity index (χ2n) is 8.38. The second kappa shape index (κ2) is 9.53. The maximum atomic E-state index is 15.6. The lowest BCUT2D eigenvalue weighted by Crippen LogP contribution is -2.35. The van der Waals surface area contributed by atoms with Crippen LogP contribution >= 0.6 is 0 Å². The minimum Gasteiger partial charge on any atom is -0.466 e. The number of halogens is 1. The highest BCUT2D eigenvalue weighted by atomic mass is 19.1. The normalized spacial score (nSPS) is 15.8. The number of piperidine rings is 1. The number of H-pyrrole nitrogens is 1. The quantitative estimate of drug-likeness (QED) is 0.378. The van der Waals surface area contributed by atoms with Gasteiger partial charge < -0.3 is 9.72 Å². The summed E-state index contributed by atoms with van der Waals surface area (Å²) in [4.78, 5) is 17.3. The van der Waals surface area contributed by atoms with Crippen LogP contribution in [0.2, 0.25) is 0 Å². The number of aromatic amines is 1. The van der Waals surface area contributed by atoms with E-state index in [0.717, 1.165) is 53.7 Å². The molecule has 1 aliphatic rings. The molecule has 1 fully saturated rings. The molecule has 1 saturated heterocycles. The maximum absolute atomic E-state index is 15.6. The molecule has 3 aromatic rings. The molecule has 32 heavy (non-hydrogen) atoms. The van der Waals surface area contributed by atoms with Crippen molar-refractivity contribution in [2.24, 2.45) is 0 Å². The van der Waals surface area contributed by atoms with E-state index in [4.69, 9.17) is 0 Å². The molecule has 4 rings (SSSR count). The van der Waals surface area contributed by atoms with Crippen LogP contribution in [0.5, 0.6) is 0 Å². The maximum Gasteiger partial charge on any atom is 0.330 e. The molecule has 2 heterocycles. The Bertz CT molecular complexity index is 1170. The number of nitrogens with one attached hydrogen (secondary N) is 1. The first-order valence-electron chi connectivity index (χ1n) is 11.1. The van der Waals surface area contributed by atoms with Gasteiger partial charge in [0.05, 0.1) is 13.2 Å². The summed E-state index contributed by atoms with van der Waals surface area (Å²) in [7, 11) is 1.32. The van der Waals surface area contributed by atoms with E-state index in [1.807, 2.05) is 31.2 Å². The van der Waals surface area contributed by atoms with Crippen LogP contribution < -0.4 is 0 Å². The molecular weight excluding hydrogens is 403 g/mol. The monoisotopic (exact) mass is 432 g/mol. The van der Waals surface area contributed by atoms with Gasteiger partial charge in [-0.3, -0.25) is 4.90 Å². The number of benzene rings is 2. The first-order chi connectivity index (χ1) is 15.5. The van der Waals surface area contributed by atoms with Gasteiger partial charge >= 0.3 is 5.97 Å². The molecule has 5 heteroatoms. The molecule has 1 unspecified atom stereocenters. The summed E-state index contributed by atoms with van der Waals surface area (Å²) in [5, 5.41) is 1.09. The van der Waals surface area contributed by atoms with E-state index in [1.54, 1.807) is 6.08 Å². The number of fused-ring (bicyclic) bond motifs is 1. The molecule has 1 aliphatic heterocycles. The van der Waals surface area contributed by atoms with Crippen molar-refractivity contribution in [3.05, 3.63) is 83.3 Å². The Labute approximate surface area is 188 Å². The van der Waals surface area contributed by atoms with E-state index in [2.05, 4.69) is 33.3 Å². The summed E-state index contributed by atoms with van der Waals surface area (Å²) in [6, 6.07) is 13.1. The van der Waals surface area contributed by atoms with Crippen LogP contribution in [0.1, 0.15) is 54.6 Å². The number of likely N-dealkylation sites (tertiary alicyclic amines) is 1. The number of nitrogens with zero attached hydrogens (tertiary/aromatic N) is 1. The predicted octanol–water partition coefficient (Wildman–Crippen LogP) is 6.10. The Hall–Kier alpha value is -3.18. The van der Waals surface area contributed by atoms with Crippen molar-refractivity contribution in [1.29, 1.82) is 0 Å². The topological polar surface area (TPSA) is 45.3 Å². The molecule has 166 valence electrons. The second-order valence-corrected chi connectivity index (χ2v) is 8.38. The van der Waals surface area contributed by atoms with E-state index in [1.165, 1.54) is 25.7 Å². The Kier molecular flexibility index (Phi) is 6.56. The van der Waals surface area contributed by atoms with Crippen molar-refractivity contribution in [2.75, 3.05) is 20.2 Å². The van der Waals surface area contributed by atoms with Crippen molar-refractivity contribution >= 4 is 28.5 Å². The first kappa shape index (κ1) is 22.0. The third-order valence-electron chi connectivity index (χ3n) is 6.13. The number of carbonyl (C=O) groups is 1. The minimum absolute atomic E-state index is 0.225. The summed E-state index contributed by atoms with van der Waals surface area (Å²) < 4.78 is 20.2. The van der Waals surface area contributed by atoms with Gasteiger partial charge in [-0.2, -0.15) is 0 Å². The van der Waals surface area contributed by atoms with Crippen molar-refractivity contribution in [2.45, 2.75) is 32.2 Å². The molecule has 4 nitrogen and oxygen atoms in total. The summed E-state index contributed by atoms with van der Waals surface area (Å²) in [6.45, 7) is 8.02. The Balaban J connectivity index is 1.86. The third-order valence-corrected chi connectivity index (χ3v) is 6.13. The first-order valence-corrected chi connectivity index (χ1v) is 11.1. The van der Waals surface area contributed by atoms with Crippen molar-refractivity contribution in [1.82, 2.24) is 9.88 Å². The zero-order valence-electron chi connectivity index (χ0n) is 18.7. The number of methoxy groups -OCH3 is 1. The molecule has 2 aromatic carbocycles. The summed E-state index contributed by atoms with van der Waals surface area (Å²) >= 11 is 0. The fraction of sp³-hybridized carbons (Fsp3) is 0.296. The lowest BCUT2D eigenvalue weighted by Gasteiger charge is -2.36. The van der Waals surface area contributed by atoms with Crippen molar-refractivity contribution in [3.63, 3.8) is 0 Å². The van der Waals surface area contributed by atoms with Gasteiger partial charge in [-0.25, -0.2) is 9.18 Å². The van der Waals surface area contributed by atoms with E-state index in [9.17, 15) is 4.79 Å². The third kappa shape index (κ3) is 4.39. The zero-order valence-corrected chi connectivity index (χ0v) is 18.7. The smallest absolute Gasteiger partial charge is 0.330 e. The molecule has 0 amide bonds.